The minimum Gasteiger partial charge on any atom is -0.345 e. The van der Waals surface area contributed by atoms with Gasteiger partial charge in [-0.05, 0) is 59.2 Å². The minimum atomic E-state index is -0.232. The largest absolute Gasteiger partial charge is 0.345 e. The fourth-order valence-corrected chi connectivity index (χ4v) is 5.17. The van der Waals surface area contributed by atoms with Crippen molar-refractivity contribution in [2.75, 3.05) is 11.9 Å². The third kappa shape index (κ3) is 4.19. The Morgan fingerprint density at radius 2 is 1.14 bits per heavy atom. The monoisotopic (exact) mass is 482 g/mol. The Bertz CT molecular complexity index is 1680. The van der Waals surface area contributed by atoms with Gasteiger partial charge in [0.2, 0.25) is 0 Å². The number of anilines is 2. The summed E-state index contributed by atoms with van der Waals surface area (Å²) < 4.78 is 16.3. The molecule has 0 amide bonds. The highest BCUT2D eigenvalue weighted by atomic mass is 19.1. The molecule has 2 nitrogen and oxygen atoms in total. The molecule has 0 unspecified atom stereocenters. The highest BCUT2D eigenvalue weighted by Crippen LogP contribution is 2.41. The van der Waals surface area contributed by atoms with Gasteiger partial charge in [0.1, 0.15) is 5.82 Å². The van der Waals surface area contributed by atoms with Crippen LogP contribution in [0.5, 0.6) is 0 Å². The Morgan fingerprint density at radius 1 is 0.568 bits per heavy atom. The Morgan fingerprint density at radius 3 is 1.81 bits per heavy atom. The molecule has 1 aromatic heterocycles. The van der Waals surface area contributed by atoms with Crippen LogP contribution in [-0.4, -0.2) is 11.6 Å². The molecule has 0 fully saturated rings. The van der Waals surface area contributed by atoms with Gasteiger partial charge in [0, 0.05) is 47.5 Å². The summed E-state index contributed by atoms with van der Waals surface area (Å²) in [5.41, 5.74) is 9.86. The van der Waals surface area contributed by atoms with Gasteiger partial charge in [-0.3, -0.25) is 0 Å². The van der Waals surface area contributed by atoms with Crippen LogP contribution in [0.2, 0.25) is 0 Å². The lowest BCUT2D eigenvalue weighted by molar-refractivity contribution is 0.628. The second-order valence-corrected chi connectivity index (χ2v) is 9.33. The van der Waals surface area contributed by atoms with E-state index >= 15 is 0 Å². The summed E-state index contributed by atoms with van der Waals surface area (Å²) in [6.07, 6.45) is 0. The zero-order valence-corrected chi connectivity index (χ0v) is 20.9. The van der Waals surface area contributed by atoms with Gasteiger partial charge >= 0.3 is 0 Å². The van der Waals surface area contributed by atoms with Crippen molar-refractivity contribution in [3.8, 4) is 33.5 Å². The zero-order valence-electron chi connectivity index (χ0n) is 20.9. The van der Waals surface area contributed by atoms with E-state index < -0.39 is 0 Å². The number of para-hydroxylation sites is 1. The van der Waals surface area contributed by atoms with Crippen LogP contribution in [0.1, 0.15) is 0 Å². The van der Waals surface area contributed by atoms with Gasteiger partial charge in [-0.1, -0.05) is 84.9 Å². The highest BCUT2D eigenvalue weighted by Gasteiger charge is 2.18. The molecule has 0 radical (unpaired) electrons. The normalized spacial score (nSPS) is 11.1. The topological polar surface area (TPSA) is 8.17 Å². The number of benzene rings is 5. The third-order valence-electron chi connectivity index (χ3n) is 7.11. The number of rotatable bonds is 5. The van der Waals surface area contributed by atoms with E-state index in [1.165, 1.54) is 17.2 Å². The van der Waals surface area contributed by atoms with E-state index in [9.17, 15) is 4.39 Å². The van der Waals surface area contributed by atoms with E-state index in [0.29, 0.717) is 0 Å². The van der Waals surface area contributed by atoms with Crippen molar-refractivity contribution in [1.29, 1.82) is 0 Å². The second kappa shape index (κ2) is 9.44. The Kier molecular flexibility index (Phi) is 5.82. The predicted octanol–water partition coefficient (Wildman–Crippen LogP) is 9.09. The number of halogens is 1. The Hall–Kier alpha value is -4.63. The minimum absolute atomic E-state index is 0.232. The zero-order chi connectivity index (χ0) is 25.4. The van der Waals surface area contributed by atoms with E-state index in [1.807, 2.05) is 25.2 Å². The van der Waals surface area contributed by atoms with E-state index in [2.05, 4.69) is 108 Å². The van der Waals surface area contributed by atoms with E-state index in [-0.39, 0.29) is 5.82 Å². The van der Waals surface area contributed by atoms with E-state index in [0.717, 1.165) is 44.7 Å². The van der Waals surface area contributed by atoms with Gasteiger partial charge in [0.15, 0.2) is 0 Å². The summed E-state index contributed by atoms with van der Waals surface area (Å²) in [7, 11) is 4.13. The molecular weight excluding hydrogens is 455 g/mol. The third-order valence-corrected chi connectivity index (χ3v) is 7.11. The van der Waals surface area contributed by atoms with Crippen molar-refractivity contribution < 1.29 is 4.39 Å². The highest BCUT2D eigenvalue weighted by molar-refractivity contribution is 6.04. The first-order chi connectivity index (χ1) is 18.1. The summed E-state index contributed by atoms with van der Waals surface area (Å²) in [5.74, 6) is -0.232. The first-order valence-electron chi connectivity index (χ1n) is 12.4. The molecule has 37 heavy (non-hydrogen) atoms. The summed E-state index contributed by atoms with van der Waals surface area (Å²) in [6.45, 7) is 0. The van der Waals surface area contributed by atoms with Crippen LogP contribution in [0.25, 0.3) is 44.4 Å². The number of aromatic nitrogens is 1. The van der Waals surface area contributed by atoms with E-state index in [4.69, 9.17) is 0 Å². The fraction of sp³-hybridized carbons (Fsp3) is 0.0588. The molecule has 1 heterocycles. The van der Waals surface area contributed by atoms with Crippen molar-refractivity contribution in [2.24, 2.45) is 7.05 Å². The molecule has 0 aliphatic heterocycles. The maximum absolute atomic E-state index is 14.2. The summed E-state index contributed by atoms with van der Waals surface area (Å²) in [6, 6.07) is 42.9. The van der Waals surface area contributed by atoms with Gasteiger partial charge in [0.25, 0.3) is 0 Å². The maximum Gasteiger partial charge on any atom is 0.123 e. The van der Waals surface area contributed by atoms with Crippen molar-refractivity contribution in [1.82, 2.24) is 4.57 Å². The van der Waals surface area contributed by atoms with Crippen molar-refractivity contribution in [3.05, 3.63) is 133 Å². The van der Waals surface area contributed by atoms with Gasteiger partial charge in [-0.25, -0.2) is 4.39 Å². The van der Waals surface area contributed by atoms with Crippen LogP contribution in [-0.2, 0) is 7.05 Å². The lowest BCUT2D eigenvalue weighted by Crippen LogP contribution is -2.09. The van der Waals surface area contributed by atoms with Gasteiger partial charge in [-0.2, -0.15) is 0 Å². The molecule has 0 saturated carbocycles. The average Bonchev–Trinajstić information content (AvgIpc) is 3.25. The molecule has 6 rings (SSSR count). The predicted molar refractivity (Wildman–Crippen MR) is 154 cm³/mol. The molecule has 0 bridgehead atoms. The van der Waals surface area contributed by atoms with Crippen LogP contribution in [0.3, 0.4) is 0 Å². The first kappa shape index (κ1) is 22.8. The van der Waals surface area contributed by atoms with Gasteiger partial charge in [-0.15, -0.1) is 0 Å². The number of nitrogens with zero attached hydrogens (tertiary/aromatic N) is 2. The summed E-state index contributed by atoms with van der Waals surface area (Å²) in [4.78, 5) is 2.19. The van der Waals surface area contributed by atoms with Crippen LogP contribution in [0, 0.1) is 5.82 Å². The molecular formula is C34H27FN2. The molecule has 0 atom stereocenters. The fourth-order valence-electron chi connectivity index (χ4n) is 5.17. The summed E-state index contributed by atoms with van der Waals surface area (Å²) >= 11 is 0. The number of aryl methyl sites for hydroxylation is 1. The SMILES string of the molecule is CN(c1ccc(-c2ccccc2)cc1)c1ccc(-c2c(-c3cccc(F)c3)n(C)c3ccccc23)cc1. The standard InChI is InChI=1S/C34H27FN2/c1-36(29-19-15-25(16-20-29)24-9-4-3-5-10-24)30-21-17-26(18-22-30)33-31-13-6-7-14-32(31)37(2)34(33)27-11-8-12-28(35)23-27/h3-23H,1-2H3. The second-order valence-electron chi connectivity index (χ2n) is 9.33. The van der Waals surface area contributed by atoms with Gasteiger partial charge < -0.3 is 9.47 Å². The van der Waals surface area contributed by atoms with Crippen LogP contribution in [0.4, 0.5) is 15.8 Å². The maximum atomic E-state index is 14.2. The Balaban J connectivity index is 1.37. The molecule has 0 spiro atoms. The first-order valence-corrected chi connectivity index (χ1v) is 12.4. The van der Waals surface area contributed by atoms with Gasteiger partial charge in [0.05, 0.1) is 5.69 Å². The molecule has 0 N–H and O–H groups in total. The Labute approximate surface area is 216 Å². The van der Waals surface area contributed by atoms with Crippen LogP contribution >= 0.6 is 0 Å². The van der Waals surface area contributed by atoms with E-state index in [1.54, 1.807) is 12.1 Å². The van der Waals surface area contributed by atoms with Crippen molar-refractivity contribution in [2.45, 2.75) is 0 Å². The van der Waals surface area contributed by atoms with Crippen LogP contribution in [0.15, 0.2) is 127 Å². The quantitative estimate of drug-likeness (QED) is 0.238. The number of hydrogen-bond donors (Lipinski definition) is 0. The molecule has 3 heteroatoms. The number of fused-ring (bicyclic) bond motifs is 1. The smallest absolute Gasteiger partial charge is 0.123 e. The van der Waals surface area contributed by atoms with Crippen molar-refractivity contribution in [3.63, 3.8) is 0 Å². The molecule has 0 aliphatic rings. The lowest BCUT2D eigenvalue weighted by atomic mass is 9.98. The number of hydrogen-bond acceptors (Lipinski definition) is 1. The lowest BCUT2D eigenvalue weighted by Gasteiger charge is -2.20. The average molecular weight is 483 g/mol. The molecule has 6 aromatic rings. The summed E-state index contributed by atoms with van der Waals surface area (Å²) in [5, 5.41) is 1.15. The molecule has 0 saturated heterocycles. The molecule has 180 valence electrons. The van der Waals surface area contributed by atoms with Crippen LogP contribution < -0.4 is 4.90 Å². The molecule has 0 aliphatic carbocycles. The van der Waals surface area contributed by atoms with Crippen molar-refractivity contribution >= 4 is 22.3 Å². The molecule has 5 aromatic carbocycles.